The van der Waals surface area contributed by atoms with Crippen LogP contribution in [0.4, 0.5) is 5.69 Å². The maximum atomic E-state index is 6.05. The monoisotopic (exact) mass is 738 g/mol. The van der Waals surface area contributed by atoms with E-state index in [1.54, 1.807) is 0 Å². The van der Waals surface area contributed by atoms with Gasteiger partial charge in [0, 0.05) is 44.0 Å². The van der Waals surface area contributed by atoms with Crippen LogP contribution in [-0.4, -0.2) is 91.0 Å². The highest BCUT2D eigenvalue weighted by Gasteiger charge is 2.53. The number of nitrogens with two attached hydrogens (primary N) is 1. The van der Waals surface area contributed by atoms with E-state index < -0.39 is 0 Å². The third-order valence-electron chi connectivity index (χ3n) is 11.0. The predicted octanol–water partition coefficient (Wildman–Crippen LogP) is 4.89. The van der Waals surface area contributed by atoms with Gasteiger partial charge in [-0.1, -0.05) is 21.1 Å². The molecule has 0 unspecified atom stereocenters. The van der Waals surface area contributed by atoms with Crippen LogP contribution in [0.2, 0.25) is 0 Å². The summed E-state index contributed by atoms with van der Waals surface area (Å²) in [5.41, 5.74) is 13.9. The van der Waals surface area contributed by atoms with E-state index in [1.165, 1.54) is 51.9 Å². The summed E-state index contributed by atoms with van der Waals surface area (Å²) in [6, 6.07) is 12.2. The highest BCUT2D eigenvalue weighted by molar-refractivity contribution is 9.10. The van der Waals surface area contributed by atoms with Crippen LogP contribution in [0.15, 0.2) is 63.7 Å². The maximum Gasteiger partial charge on any atom is 0.160 e. The second-order valence-corrected chi connectivity index (χ2v) is 15.0. The molecule has 2 aromatic heterocycles. The van der Waals surface area contributed by atoms with Gasteiger partial charge < -0.3 is 24.6 Å². The molecule has 2 atom stereocenters. The number of hydrogen-bond acceptors (Lipinski definition) is 9. The lowest BCUT2D eigenvalue weighted by Crippen LogP contribution is -2.59. The molecule has 0 saturated carbocycles. The number of imidazole rings is 2. The van der Waals surface area contributed by atoms with Crippen molar-refractivity contribution < 1.29 is 9.68 Å². The SMILES string of the molecule is Cl.Cn1cnc2cc(Br)ccc21.Cn1cnc2cc(N=C3C[C@@]4(CN5CCC4CC5)ON3)ccc21.NC1=NO[C@@]2(C1)CN1CCC2CC1. The van der Waals surface area contributed by atoms with E-state index in [9.17, 15) is 0 Å². The van der Waals surface area contributed by atoms with E-state index in [0.29, 0.717) is 17.7 Å². The summed E-state index contributed by atoms with van der Waals surface area (Å²) in [5, 5.41) is 3.90. The standard InChI is InChI=1S/C17H21N5O.C9H15N3O.C8H7BrN2.ClH/c1-21-11-18-14-8-13(2-3-15(14)21)19-16-9-17(23-20-16)10-22-6-4-12(17)5-7-22;10-8-5-9(13-11-8)6-12-3-1-7(9)2-4-12;1-11-5-10-7-4-6(9)2-3-8(7)11;/h2-3,8,11-12H,4-7,9-10H2,1H3,(H,19,20);7H,1-6H2,(H2,10,11);2-5H,1H3;1H/t17-;9-;;/m00../s1. The highest BCUT2D eigenvalue weighted by Crippen LogP contribution is 2.43. The predicted molar refractivity (Wildman–Crippen MR) is 193 cm³/mol. The van der Waals surface area contributed by atoms with Crippen molar-refractivity contribution in [2.24, 2.45) is 41.8 Å². The summed E-state index contributed by atoms with van der Waals surface area (Å²) in [7, 11) is 3.99. The number of hydroxylamine groups is 1. The van der Waals surface area contributed by atoms with E-state index in [0.717, 1.165) is 64.0 Å². The minimum atomic E-state index is -0.0650. The number of nitrogens with zero attached hydrogens (tertiary/aromatic N) is 8. The first-order valence-corrected chi connectivity index (χ1v) is 17.5. The molecule has 10 heterocycles. The molecule has 0 radical (unpaired) electrons. The molecular formula is C34H44BrClN10O2. The summed E-state index contributed by atoms with van der Waals surface area (Å²) < 4.78 is 5.09. The zero-order valence-electron chi connectivity index (χ0n) is 27.5. The van der Waals surface area contributed by atoms with Crippen LogP contribution < -0.4 is 11.2 Å². The van der Waals surface area contributed by atoms with Crippen molar-refractivity contribution in [3.8, 4) is 0 Å². The molecule has 4 bridgehead atoms. The molecule has 48 heavy (non-hydrogen) atoms. The van der Waals surface area contributed by atoms with Crippen molar-refractivity contribution >= 4 is 67.8 Å². The van der Waals surface area contributed by atoms with Gasteiger partial charge in [-0.2, -0.15) is 0 Å². The fourth-order valence-electron chi connectivity index (χ4n) is 8.43. The molecular weight excluding hydrogens is 696 g/mol. The second-order valence-electron chi connectivity index (χ2n) is 14.0. The molecule has 12 nitrogen and oxygen atoms in total. The van der Waals surface area contributed by atoms with Crippen molar-refractivity contribution in [1.29, 1.82) is 0 Å². The lowest BCUT2D eigenvalue weighted by atomic mass is 9.74. The molecule has 14 heteroatoms. The third kappa shape index (κ3) is 6.31. The largest absolute Gasteiger partial charge is 0.386 e. The molecule has 0 aliphatic carbocycles. The van der Waals surface area contributed by atoms with Gasteiger partial charge in [0.25, 0.3) is 0 Å². The van der Waals surface area contributed by atoms with Crippen molar-refractivity contribution in [2.45, 2.75) is 49.7 Å². The number of aryl methyl sites for hydroxylation is 2. The summed E-state index contributed by atoms with van der Waals surface area (Å²) in [4.78, 5) is 30.0. The van der Waals surface area contributed by atoms with Crippen molar-refractivity contribution in [2.75, 3.05) is 39.3 Å². The lowest BCUT2D eigenvalue weighted by Gasteiger charge is -2.49. The Morgan fingerprint density at radius 3 is 1.98 bits per heavy atom. The molecule has 0 amide bonds. The van der Waals surface area contributed by atoms with Gasteiger partial charge in [-0.15, -0.1) is 12.4 Å². The van der Waals surface area contributed by atoms with Gasteiger partial charge >= 0.3 is 0 Å². The number of halogens is 2. The van der Waals surface area contributed by atoms with Gasteiger partial charge in [-0.3, -0.25) is 15.2 Å². The number of hydrogen-bond donors (Lipinski definition) is 2. The van der Waals surface area contributed by atoms with Crippen LogP contribution in [0.1, 0.15) is 38.5 Å². The first-order chi connectivity index (χ1) is 22.8. The minimum absolute atomic E-state index is 0. The Bertz CT molecular complexity index is 1840. The molecule has 256 valence electrons. The Labute approximate surface area is 295 Å². The molecule has 7 saturated heterocycles. The van der Waals surface area contributed by atoms with Crippen LogP contribution in [0.3, 0.4) is 0 Å². The van der Waals surface area contributed by atoms with Gasteiger partial charge in [-0.25, -0.2) is 15.0 Å². The molecule has 3 N–H and O–H groups in total. The topological polar surface area (TPSA) is 123 Å². The van der Waals surface area contributed by atoms with Crippen LogP contribution >= 0.6 is 28.3 Å². The fraction of sp³-hybridized carbons (Fsp3) is 0.529. The Morgan fingerprint density at radius 2 is 1.42 bits per heavy atom. The molecule has 12 rings (SSSR count). The summed E-state index contributed by atoms with van der Waals surface area (Å²) in [5.74, 6) is 2.95. The van der Waals surface area contributed by atoms with Gasteiger partial charge in [0.05, 0.1) is 46.8 Å². The van der Waals surface area contributed by atoms with E-state index in [-0.39, 0.29) is 23.6 Å². The molecule has 4 aromatic rings. The Balaban J connectivity index is 0.000000124. The average molecular weight is 740 g/mol. The van der Waals surface area contributed by atoms with Crippen molar-refractivity contribution in [3.05, 3.63) is 53.5 Å². The molecule has 2 spiro atoms. The molecule has 7 fully saturated rings. The number of rotatable bonds is 1. The maximum absolute atomic E-state index is 6.05. The first-order valence-electron chi connectivity index (χ1n) is 16.7. The smallest absolute Gasteiger partial charge is 0.160 e. The third-order valence-corrected chi connectivity index (χ3v) is 11.5. The summed E-state index contributed by atoms with van der Waals surface area (Å²) >= 11 is 3.39. The average Bonchev–Trinajstić information content (AvgIpc) is 3.85. The zero-order chi connectivity index (χ0) is 32.2. The van der Waals surface area contributed by atoms with E-state index in [4.69, 9.17) is 20.4 Å². The Kier molecular flexibility index (Phi) is 9.18. The molecule has 8 aliphatic rings. The van der Waals surface area contributed by atoms with Crippen LogP contribution in [0, 0.1) is 11.8 Å². The van der Waals surface area contributed by atoms with Crippen LogP contribution in [-0.2, 0) is 23.8 Å². The molecule has 8 aliphatic heterocycles. The van der Waals surface area contributed by atoms with Crippen molar-refractivity contribution in [1.82, 2.24) is 34.4 Å². The van der Waals surface area contributed by atoms with Crippen LogP contribution in [0.25, 0.3) is 22.1 Å². The van der Waals surface area contributed by atoms with E-state index in [2.05, 4.69) is 52.4 Å². The van der Waals surface area contributed by atoms with Crippen molar-refractivity contribution in [3.63, 3.8) is 0 Å². The first kappa shape index (κ1) is 33.3. The molecule has 2 aromatic carbocycles. The van der Waals surface area contributed by atoms with E-state index in [1.807, 2.05) is 66.2 Å². The summed E-state index contributed by atoms with van der Waals surface area (Å²) in [6.07, 6.45) is 10.4. The summed E-state index contributed by atoms with van der Waals surface area (Å²) in [6.45, 7) is 6.97. The van der Waals surface area contributed by atoms with E-state index >= 15 is 0 Å². The lowest BCUT2D eigenvalue weighted by molar-refractivity contribution is -0.150. The second kappa shape index (κ2) is 13.2. The Morgan fingerprint density at radius 1 is 0.833 bits per heavy atom. The number of piperidine rings is 6. The number of oxime groups is 1. The van der Waals surface area contributed by atoms with Crippen LogP contribution in [0.5, 0.6) is 0 Å². The number of nitrogens with one attached hydrogen (secondary N) is 1. The zero-order valence-corrected chi connectivity index (χ0v) is 29.9. The highest BCUT2D eigenvalue weighted by atomic mass is 79.9. The number of fused-ring (bicyclic) bond motifs is 6. The van der Waals surface area contributed by atoms with Gasteiger partial charge in [0.1, 0.15) is 17.3 Å². The van der Waals surface area contributed by atoms with Gasteiger partial charge in [0.2, 0.25) is 0 Å². The number of aromatic nitrogens is 4. The van der Waals surface area contributed by atoms with Gasteiger partial charge in [0.15, 0.2) is 5.60 Å². The Hall–Kier alpha value is -3.23. The quantitative estimate of drug-likeness (QED) is 0.283. The number of benzene rings is 2. The minimum Gasteiger partial charge on any atom is -0.386 e. The van der Waals surface area contributed by atoms with Gasteiger partial charge in [-0.05, 0) is 94.2 Å². The fourth-order valence-corrected chi connectivity index (χ4v) is 8.78. The number of amidine groups is 2. The normalized spacial score (nSPS) is 32.0. The number of aliphatic imine (C=N–C) groups is 1.